The molecule has 1 saturated heterocycles. The van der Waals surface area contributed by atoms with Crippen molar-refractivity contribution in [2.45, 2.75) is 38.2 Å². The molecule has 112 valence electrons. The summed E-state index contributed by atoms with van der Waals surface area (Å²) in [4.78, 5) is 15.2. The van der Waals surface area contributed by atoms with Crippen LogP contribution in [0.15, 0.2) is 30.5 Å². The fraction of sp³-hybridized carbons (Fsp3) is 0.471. The van der Waals surface area contributed by atoms with Crippen LogP contribution in [0.4, 0.5) is 0 Å². The molecule has 3 rings (SSSR count). The Morgan fingerprint density at radius 3 is 3.10 bits per heavy atom. The van der Waals surface area contributed by atoms with Crippen molar-refractivity contribution in [3.05, 3.63) is 36.0 Å². The van der Waals surface area contributed by atoms with Crippen LogP contribution in [0.3, 0.4) is 0 Å². The number of aromatic amines is 1. The Hall–Kier alpha value is -1.81. The third-order valence-electron chi connectivity index (χ3n) is 4.26. The summed E-state index contributed by atoms with van der Waals surface area (Å²) in [6, 6.07) is 8.18. The lowest BCUT2D eigenvalue weighted by atomic mass is 10.0. The summed E-state index contributed by atoms with van der Waals surface area (Å²) < 4.78 is 5.68. The molecule has 0 saturated carbocycles. The molecule has 0 spiro atoms. The molecule has 2 N–H and O–H groups in total. The van der Waals surface area contributed by atoms with Gasteiger partial charge in [-0.05, 0) is 37.8 Å². The van der Waals surface area contributed by atoms with Crippen LogP contribution in [0.2, 0.25) is 0 Å². The van der Waals surface area contributed by atoms with E-state index in [1.807, 2.05) is 18.3 Å². The quantitative estimate of drug-likeness (QED) is 0.888. The number of para-hydroxylation sites is 1. The van der Waals surface area contributed by atoms with Crippen molar-refractivity contribution >= 4 is 16.8 Å². The van der Waals surface area contributed by atoms with E-state index in [4.69, 9.17) is 4.74 Å². The van der Waals surface area contributed by atoms with Crippen molar-refractivity contribution in [3.63, 3.8) is 0 Å². The molecule has 1 aromatic heterocycles. The Balaban J connectivity index is 1.51. The van der Waals surface area contributed by atoms with Gasteiger partial charge >= 0.3 is 0 Å². The largest absolute Gasteiger partial charge is 0.373 e. The predicted molar refractivity (Wildman–Crippen MR) is 83.2 cm³/mol. The monoisotopic (exact) mass is 286 g/mol. The van der Waals surface area contributed by atoms with E-state index in [0.29, 0.717) is 13.0 Å². The molecule has 0 bridgehead atoms. The van der Waals surface area contributed by atoms with E-state index in [2.05, 4.69) is 29.4 Å². The lowest BCUT2D eigenvalue weighted by Crippen LogP contribution is -2.40. The maximum Gasteiger partial charge on any atom is 0.220 e. The SMILES string of the molecule is CC1(CNC(=O)CCc2c[nH]c3ccccc23)CCCO1. The highest BCUT2D eigenvalue weighted by atomic mass is 16.5. The minimum absolute atomic E-state index is 0.0945. The second-order valence-corrected chi connectivity index (χ2v) is 6.04. The minimum Gasteiger partial charge on any atom is -0.373 e. The van der Waals surface area contributed by atoms with Crippen molar-refractivity contribution in [1.82, 2.24) is 10.3 Å². The third-order valence-corrected chi connectivity index (χ3v) is 4.26. The molecule has 1 amide bonds. The van der Waals surface area contributed by atoms with Crippen LogP contribution in [0.1, 0.15) is 31.7 Å². The number of fused-ring (bicyclic) bond motifs is 1. The fourth-order valence-electron chi connectivity index (χ4n) is 2.94. The third kappa shape index (κ3) is 3.27. The number of hydrogen-bond donors (Lipinski definition) is 2. The average Bonchev–Trinajstić information content (AvgIpc) is 3.10. The summed E-state index contributed by atoms with van der Waals surface area (Å²) in [5.41, 5.74) is 2.15. The number of aromatic nitrogens is 1. The highest BCUT2D eigenvalue weighted by molar-refractivity contribution is 5.84. The zero-order chi connectivity index (χ0) is 14.7. The summed E-state index contributed by atoms with van der Waals surface area (Å²) in [6.07, 6.45) is 5.38. The zero-order valence-corrected chi connectivity index (χ0v) is 12.4. The number of hydrogen-bond acceptors (Lipinski definition) is 2. The van der Waals surface area contributed by atoms with Gasteiger partial charge in [0.25, 0.3) is 0 Å². The maximum absolute atomic E-state index is 12.0. The van der Waals surface area contributed by atoms with Crippen LogP contribution in [0.5, 0.6) is 0 Å². The first-order chi connectivity index (χ1) is 10.2. The minimum atomic E-state index is -0.170. The lowest BCUT2D eigenvalue weighted by Gasteiger charge is -2.23. The number of carbonyl (C=O) groups excluding carboxylic acids is 1. The molecule has 0 radical (unpaired) electrons. The van der Waals surface area contributed by atoms with Gasteiger partial charge in [0.1, 0.15) is 0 Å². The van der Waals surface area contributed by atoms with Gasteiger partial charge in [0.15, 0.2) is 0 Å². The van der Waals surface area contributed by atoms with E-state index in [9.17, 15) is 4.79 Å². The number of H-pyrrole nitrogens is 1. The Bertz CT molecular complexity index is 627. The van der Waals surface area contributed by atoms with Crippen LogP contribution in [-0.2, 0) is 16.0 Å². The fourth-order valence-corrected chi connectivity index (χ4v) is 2.94. The number of carbonyl (C=O) groups is 1. The first-order valence-electron chi connectivity index (χ1n) is 7.62. The number of amides is 1. The summed E-state index contributed by atoms with van der Waals surface area (Å²) in [7, 11) is 0. The first-order valence-corrected chi connectivity index (χ1v) is 7.62. The first kappa shape index (κ1) is 14.1. The standard InChI is InChI=1S/C17H22N2O2/c1-17(9-4-10-21-17)12-19-16(20)8-7-13-11-18-15-6-3-2-5-14(13)15/h2-3,5-6,11,18H,4,7-10,12H2,1H3,(H,19,20). The highest BCUT2D eigenvalue weighted by Gasteiger charge is 2.29. The molecule has 1 atom stereocenters. The molecule has 1 aliphatic rings. The molecular formula is C17H22N2O2. The highest BCUT2D eigenvalue weighted by Crippen LogP contribution is 2.24. The van der Waals surface area contributed by atoms with Crippen molar-refractivity contribution in [3.8, 4) is 0 Å². The van der Waals surface area contributed by atoms with Crippen molar-refractivity contribution in [1.29, 1.82) is 0 Å². The van der Waals surface area contributed by atoms with E-state index in [1.54, 1.807) is 0 Å². The van der Waals surface area contributed by atoms with E-state index in [0.717, 1.165) is 31.4 Å². The lowest BCUT2D eigenvalue weighted by molar-refractivity contribution is -0.122. The average molecular weight is 286 g/mol. The van der Waals surface area contributed by atoms with Crippen LogP contribution in [0.25, 0.3) is 10.9 Å². The van der Waals surface area contributed by atoms with Crippen LogP contribution in [0, 0.1) is 0 Å². The molecule has 2 heterocycles. The molecule has 2 aromatic rings. The van der Waals surface area contributed by atoms with Gasteiger partial charge in [-0.1, -0.05) is 18.2 Å². The van der Waals surface area contributed by atoms with Crippen molar-refractivity contribution in [2.75, 3.05) is 13.2 Å². The molecule has 1 aromatic carbocycles. The Labute approximate surface area is 124 Å². The maximum atomic E-state index is 12.0. The second kappa shape index (κ2) is 5.90. The van der Waals surface area contributed by atoms with Gasteiger partial charge in [0.05, 0.1) is 5.60 Å². The molecule has 1 fully saturated rings. The van der Waals surface area contributed by atoms with Gasteiger partial charge in [-0.3, -0.25) is 4.79 Å². The van der Waals surface area contributed by atoms with Gasteiger partial charge in [0.2, 0.25) is 5.91 Å². The Kier molecular flexibility index (Phi) is 3.97. The predicted octanol–water partition coefficient (Wildman–Crippen LogP) is 2.79. The van der Waals surface area contributed by atoms with E-state index in [-0.39, 0.29) is 11.5 Å². The van der Waals surface area contributed by atoms with Gasteiger partial charge < -0.3 is 15.0 Å². The molecule has 0 aliphatic carbocycles. The topological polar surface area (TPSA) is 54.1 Å². The van der Waals surface area contributed by atoms with Gasteiger partial charge in [-0.25, -0.2) is 0 Å². The van der Waals surface area contributed by atoms with Crippen LogP contribution in [-0.4, -0.2) is 29.6 Å². The molecule has 4 nitrogen and oxygen atoms in total. The summed E-state index contributed by atoms with van der Waals surface area (Å²) in [5.74, 6) is 0.0945. The molecular weight excluding hydrogens is 264 g/mol. The van der Waals surface area contributed by atoms with Gasteiger partial charge in [-0.15, -0.1) is 0 Å². The van der Waals surface area contributed by atoms with Gasteiger partial charge in [-0.2, -0.15) is 0 Å². The number of rotatable bonds is 5. The Morgan fingerprint density at radius 1 is 1.43 bits per heavy atom. The summed E-state index contributed by atoms with van der Waals surface area (Å²) in [6.45, 7) is 3.49. The molecule has 21 heavy (non-hydrogen) atoms. The van der Waals surface area contributed by atoms with Crippen molar-refractivity contribution in [2.24, 2.45) is 0 Å². The van der Waals surface area contributed by atoms with Gasteiger partial charge in [0, 0.05) is 36.7 Å². The summed E-state index contributed by atoms with van der Waals surface area (Å²) in [5, 5.41) is 4.21. The molecule has 1 aliphatic heterocycles. The number of benzene rings is 1. The Morgan fingerprint density at radius 2 is 2.29 bits per heavy atom. The number of nitrogens with one attached hydrogen (secondary N) is 2. The van der Waals surface area contributed by atoms with Crippen LogP contribution >= 0.6 is 0 Å². The van der Waals surface area contributed by atoms with E-state index < -0.39 is 0 Å². The number of aryl methyl sites for hydroxylation is 1. The van der Waals surface area contributed by atoms with E-state index >= 15 is 0 Å². The second-order valence-electron chi connectivity index (χ2n) is 6.04. The zero-order valence-electron chi connectivity index (χ0n) is 12.4. The van der Waals surface area contributed by atoms with E-state index in [1.165, 1.54) is 10.9 Å². The molecule has 4 heteroatoms. The number of ether oxygens (including phenoxy) is 1. The molecule has 1 unspecified atom stereocenters. The normalized spacial score (nSPS) is 21.8. The smallest absolute Gasteiger partial charge is 0.220 e. The van der Waals surface area contributed by atoms with Crippen LogP contribution < -0.4 is 5.32 Å². The van der Waals surface area contributed by atoms with Crippen molar-refractivity contribution < 1.29 is 9.53 Å². The summed E-state index contributed by atoms with van der Waals surface area (Å²) >= 11 is 0.